The molecular weight excluding hydrogens is 290 g/mol. The maximum atomic E-state index is 13.2. The molecule has 0 aromatic carbocycles. The molecule has 2 saturated heterocycles. The van der Waals surface area contributed by atoms with Crippen molar-refractivity contribution in [3.8, 4) is 0 Å². The average Bonchev–Trinajstić information content (AvgIpc) is 3.30. The predicted molar refractivity (Wildman–Crippen MR) is 85.9 cm³/mol. The minimum absolute atomic E-state index is 0.0859. The Labute approximate surface area is 136 Å². The van der Waals surface area contributed by atoms with E-state index in [1.54, 1.807) is 6.07 Å². The van der Waals surface area contributed by atoms with Crippen LogP contribution < -0.4 is 0 Å². The molecule has 0 radical (unpaired) electrons. The van der Waals surface area contributed by atoms with Gasteiger partial charge >= 0.3 is 0 Å². The van der Waals surface area contributed by atoms with E-state index in [-0.39, 0.29) is 11.8 Å². The fourth-order valence-electron chi connectivity index (χ4n) is 4.21. The van der Waals surface area contributed by atoms with E-state index in [2.05, 4.69) is 4.98 Å². The summed E-state index contributed by atoms with van der Waals surface area (Å²) in [5.74, 6) is 0.0990. The number of piperidine rings is 1. The number of likely N-dealkylation sites (tertiary alicyclic amines) is 2. The number of aryl methyl sites for hydroxylation is 1. The van der Waals surface area contributed by atoms with Gasteiger partial charge in [-0.1, -0.05) is 6.07 Å². The van der Waals surface area contributed by atoms with Gasteiger partial charge in [-0.2, -0.15) is 0 Å². The number of amides is 2. The minimum Gasteiger partial charge on any atom is -0.338 e. The Hall–Kier alpha value is -1.91. The van der Waals surface area contributed by atoms with Crippen molar-refractivity contribution in [1.82, 2.24) is 14.8 Å². The zero-order valence-corrected chi connectivity index (χ0v) is 13.6. The maximum absolute atomic E-state index is 13.2. The summed E-state index contributed by atoms with van der Waals surface area (Å²) >= 11 is 0. The first-order chi connectivity index (χ1) is 11.1. The van der Waals surface area contributed by atoms with Crippen LogP contribution in [0.4, 0.5) is 0 Å². The third kappa shape index (κ3) is 2.33. The number of nitrogens with zero attached hydrogens (tertiary/aromatic N) is 3. The summed E-state index contributed by atoms with van der Waals surface area (Å²) in [6.45, 7) is 3.41. The zero-order chi connectivity index (χ0) is 16.0. The van der Waals surface area contributed by atoms with E-state index in [0.717, 1.165) is 50.8 Å². The van der Waals surface area contributed by atoms with Crippen molar-refractivity contribution in [1.29, 1.82) is 0 Å². The summed E-state index contributed by atoms with van der Waals surface area (Å²) in [4.78, 5) is 34.4. The van der Waals surface area contributed by atoms with Crippen LogP contribution in [0.2, 0.25) is 0 Å². The molecule has 1 spiro atoms. The summed E-state index contributed by atoms with van der Waals surface area (Å²) < 4.78 is 0. The molecule has 5 nitrogen and oxygen atoms in total. The van der Waals surface area contributed by atoms with Crippen molar-refractivity contribution in [2.24, 2.45) is 0 Å². The Kier molecular flexibility index (Phi) is 3.39. The van der Waals surface area contributed by atoms with Crippen molar-refractivity contribution in [3.63, 3.8) is 0 Å². The molecule has 1 saturated carbocycles. The van der Waals surface area contributed by atoms with Crippen molar-refractivity contribution >= 4 is 11.8 Å². The van der Waals surface area contributed by atoms with Crippen LogP contribution in [0.5, 0.6) is 0 Å². The lowest BCUT2D eigenvalue weighted by atomic mass is 9.85. The van der Waals surface area contributed by atoms with Crippen molar-refractivity contribution in [3.05, 3.63) is 29.6 Å². The number of aromatic nitrogens is 1. The van der Waals surface area contributed by atoms with E-state index < -0.39 is 5.54 Å². The molecule has 2 amide bonds. The van der Waals surface area contributed by atoms with Crippen LogP contribution in [-0.2, 0) is 4.79 Å². The maximum Gasteiger partial charge on any atom is 0.273 e. The molecule has 3 aliphatic rings. The standard InChI is InChI=1S/C18H23N3O2/c1-13-5-2-6-15(19-13)16(22)21-12-4-10-18(21)9-3-11-20(17(18)23)14-7-8-14/h2,5-6,14H,3-4,7-12H2,1H3. The van der Waals surface area contributed by atoms with Crippen LogP contribution in [0.1, 0.15) is 54.7 Å². The van der Waals surface area contributed by atoms with Gasteiger partial charge in [-0.25, -0.2) is 4.98 Å². The molecule has 1 aromatic rings. The van der Waals surface area contributed by atoms with E-state index in [9.17, 15) is 9.59 Å². The molecular formula is C18H23N3O2. The highest BCUT2D eigenvalue weighted by Crippen LogP contribution is 2.42. The van der Waals surface area contributed by atoms with Gasteiger partial charge in [0.2, 0.25) is 5.91 Å². The number of carbonyl (C=O) groups is 2. The van der Waals surface area contributed by atoms with Gasteiger partial charge in [0.25, 0.3) is 5.91 Å². The van der Waals surface area contributed by atoms with Gasteiger partial charge in [0.05, 0.1) is 0 Å². The lowest BCUT2D eigenvalue weighted by Crippen LogP contribution is -2.61. The Balaban J connectivity index is 1.65. The third-order valence-electron chi connectivity index (χ3n) is 5.48. The molecule has 122 valence electrons. The highest BCUT2D eigenvalue weighted by Gasteiger charge is 2.54. The molecule has 5 heteroatoms. The predicted octanol–water partition coefficient (Wildman–Crippen LogP) is 2.15. The van der Waals surface area contributed by atoms with Gasteiger partial charge in [-0.3, -0.25) is 9.59 Å². The topological polar surface area (TPSA) is 53.5 Å². The van der Waals surface area contributed by atoms with Gasteiger partial charge < -0.3 is 9.80 Å². The average molecular weight is 313 g/mol. The first-order valence-electron chi connectivity index (χ1n) is 8.68. The van der Waals surface area contributed by atoms with Gasteiger partial charge in [0, 0.05) is 24.8 Å². The summed E-state index contributed by atoms with van der Waals surface area (Å²) in [6.07, 6.45) is 5.73. The monoisotopic (exact) mass is 313 g/mol. The van der Waals surface area contributed by atoms with Crippen molar-refractivity contribution in [2.75, 3.05) is 13.1 Å². The van der Waals surface area contributed by atoms with Crippen molar-refractivity contribution < 1.29 is 9.59 Å². The first kappa shape index (κ1) is 14.7. The summed E-state index contributed by atoms with van der Waals surface area (Å²) in [5.41, 5.74) is 0.685. The molecule has 1 aromatic heterocycles. The smallest absolute Gasteiger partial charge is 0.273 e. The van der Waals surface area contributed by atoms with Gasteiger partial charge in [-0.15, -0.1) is 0 Å². The van der Waals surface area contributed by atoms with E-state index in [0.29, 0.717) is 18.3 Å². The fourth-order valence-corrected chi connectivity index (χ4v) is 4.21. The second kappa shape index (κ2) is 5.32. The number of pyridine rings is 1. The van der Waals surface area contributed by atoms with Crippen LogP contribution >= 0.6 is 0 Å². The molecule has 1 atom stereocenters. The van der Waals surface area contributed by atoms with Crippen molar-refractivity contribution in [2.45, 2.75) is 57.0 Å². The number of hydrogen-bond donors (Lipinski definition) is 0. The third-order valence-corrected chi connectivity index (χ3v) is 5.48. The van der Waals surface area contributed by atoms with E-state index in [1.807, 2.05) is 28.9 Å². The quantitative estimate of drug-likeness (QED) is 0.840. The lowest BCUT2D eigenvalue weighted by Gasteiger charge is -2.44. The van der Waals surface area contributed by atoms with E-state index in [1.165, 1.54) is 0 Å². The molecule has 3 fully saturated rings. The van der Waals surface area contributed by atoms with Gasteiger partial charge in [0.1, 0.15) is 11.2 Å². The van der Waals surface area contributed by atoms with Gasteiger partial charge in [0.15, 0.2) is 0 Å². The second-order valence-corrected chi connectivity index (χ2v) is 7.09. The molecule has 1 unspecified atom stereocenters. The lowest BCUT2D eigenvalue weighted by molar-refractivity contribution is -0.146. The Bertz CT molecular complexity index is 655. The Morgan fingerprint density at radius 3 is 2.65 bits per heavy atom. The zero-order valence-electron chi connectivity index (χ0n) is 13.6. The molecule has 0 N–H and O–H groups in total. The van der Waals surface area contributed by atoms with Crippen LogP contribution in [0, 0.1) is 6.92 Å². The summed E-state index contributed by atoms with van der Waals surface area (Å²) in [5, 5.41) is 0. The highest BCUT2D eigenvalue weighted by atomic mass is 16.2. The number of rotatable bonds is 2. The van der Waals surface area contributed by atoms with E-state index in [4.69, 9.17) is 0 Å². The van der Waals surface area contributed by atoms with Crippen LogP contribution in [0.25, 0.3) is 0 Å². The molecule has 3 heterocycles. The summed E-state index contributed by atoms with van der Waals surface area (Å²) in [6, 6.07) is 5.93. The summed E-state index contributed by atoms with van der Waals surface area (Å²) in [7, 11) is 0. The van der Waals surface area contributed by atoms with Crippen LogP contribution in [-0.4, -0.2) is 51.3 Å². The Morgan fingerprint density at radius 1 is 1.22 bits per heavy atom. The fraction of sp³-hybridized carbons (Fsp3) is 0.611. The molecule has 2 aliphatic heterocycles. The minimum atomic E-state index is -0.608. The number of carbonyl (C=O) groups excluding carboxylic acids is 2. The highest BCUT2D eigenvalue weighted by molar-refractivity contribution is 5.99. The second-order valence-electron chi connectivity index (χ2n) is 7.09. The number of hydrogen-bond acceptors (Lipinski definition) is 3. The Morgan fingerprint density at radius 2 is 1.96 bits per heavy atom. The van der Waals surface area contributed by atoms with Crippen LogP contribution in [0.15, 0.2) is 18.2 Å². The molecule has 0 bridgehead atoms. The largest absolute Gasteiger partial charge is 0.338 e. The normalized spacial score (nSPS) is 27.8. The first-order valence-corrected chi connectivity index (χ1v) is 8.68. The SMILES string of the molecule is Cc1cccc(C(=O)N2CCCC23CCCN(C2CC2)C3=O)n1. The molecule has 1 aliphatic carbocycles. The molecule has 23 heavy (non-hydrogen) atoms. The van der Waals surface area contributed by atoms with E-state index >= 15 is 0 Å². The van der Waals surface area contributed by atoms with Crippen LogP contribution in [0.3, 0.4) is 0 Å². The molecule has 4 rings (SSSR count). The van der Waals surface area contributed by atoms with Gasteiger partial charge in [-0.05, 0) is 57.6 Å².